The number of rotatable bonds is 4. The van der Waals surface area contributed by atoms with E-state index in [1.807, 2.05) is 18.2 Å². The van der Waals surface area contributed by atoms with Gasteiger partial charge in [0.25, 0.3) is 0 Å². The topological polar surface area (TPSA) is 32.3 Å². The van der Waals surface area contributed by atoms with Gasteiger partial charge in [0.15, 0.2) is 0 Å². The van der Waals surface area contributed by atoms with Gasteiger partial charge in [-0.15, -0.1) is 0 Å². The molecule has 0 bridgehead atoms. The highest BCUT2D eigenvalue weighted by molar-refractivity contribution is 6.30. The summed E-state index contributed by atoms with van der Waals surface area (Å²) in [6.07, 6.45) is 3.60. The van der Waals surface area contributed by atoms with E-state index in [-0.39, 0.29) is 6.04 Å². The van der Waals surface area contributed by atoms with E-state index < -0.39 is 0 Å². The van der Waals surface area contributed by atoms with Gasteiger partial charge in [-0.2, -0.15) is 0 Å². The minimum Gasteiger partial charge on any atom is -0.338 e. The Morgan fingerprint density at radius 3 is 2.00 bits per heavy atom. The van der Waals surface area contributed by atoms with Crippen LogP contribution in [0.15, 0.2) is 73.1 Å². The Kier molecular flexibility index (Phi) is 5.14. The molecule has 2 aromatic carbocycles. The lowest BCUT2D eigenvalue weighted by molar-refractivity contribution is 0.211. The molecule has 1 atom stereocenters. The SMILES string of the molecule is Clc1ccc(C(c2ccccc2)N2CCN(c3ncccn3)CC2)cc1. The number of anilines is 1. The van der Waals surface area contributed by atoms with Crippen molar-refractivity contribution >= 4 is 17.5 Å². The van der Waals surface area contributed by atoms with Crippen molar-refractivity contribution in [2.24, 2.45) is 0 Å². The highest BCUT2D eigenvalue weighted by atomic mass is 35.5. The summed E-state index contributed by atoms with van der Waals surface area (Å²) in [7, 11) is 0. The number of benzene rings is 2. The van der Waals surface area contributed by atoms with Gasteiger partial charge in [0.1, 0.15) is 0 Å². The fourth-order valence-electron chi connectivity index (χ4n) is 3.53. The summed E-state index contributed by atoms with van der Waals surface area (Å²) >= 11 is 6.10. The Morgan fingerprint density at radius 2 is 1.35 bits per heavy atom. The lowest BCUT2D eigenvalue weighted by Crippen LogP contribution is -2.48. The van der Waals surface area contributed by atoms with Crippen molar-refractivity contribution in [3.05, 3.63) is 89.2 Å². The molecule has 132 valence electrons. The lowest BCUT2D eigenvalue weighted by atomic mass is 9.96. The predicted molar refractivity (Wildman–Crippen MR) is 106 cm³/mol. The molecule has 0 spiro atoms. The van der Waals surface area contributed by atoms with Crippen LogP contribution in [0, 0.1) is 0 Å². The van der Waals surface area contributed by atoms with Crippen LogP contribution in [0.25, 0.3) is 0 Å². The van der Waals surface area contributed by atoms with E-state index in [4.69, 9.17) is 11.6 Å². The maximum atomic E-state index is 6.10. The lowest BCUT2D eigenvalue weighted by Gasteiger charge is -2.39. The summed E-state index contributed by atoms with van der Waals surface area (Å²) in [6, 6.07) is 21.0. The Balaban J connectivity index is 1.56. The number of hydrogen-bond acceptors (Lipinski definition) is 4. The standard InChI is InChI=1S/C21H21ClN4/c22-19-9-7-18(8-10-19)20(17-5-2-1-3-6-17)25-13-15-26(16-14-25)21-23-11-4-12-24-21/h1-12,20H,13-16H2. The minimum atomic E-state index is 0.229. The molecule has 1 fully saturated rings. The molecule has 1 aromatic heterocycles. The number of hydrogen-bond donors (Lipinski definition) is 0. The molecule has 4 nitrogen and oxygen atoms in total. The molecule has 3 aromatic rings. The van der Waals surface area contributed by atoms with Crippen molar-refractivity contribution in [1.29, 1.82) is 0 Å². The molecule has 1 aliphatic heterocycles. The summed E-state index contributed by atoms with van der Waals surface area (Å²) in [6.45, 7) is 3.75. The van der Waals surface area contributed by atoms with Crippen LogP contribution in [0.3, 0.4) is 0 Å². The van der Waals surface area contributed by atoms with Gasteiger partial charge in [0.2, 0.25) is 5.95 Å². The van der Waals surface area contributed by atoms with Crippen molar-refractivity contribution in [1.82, 2.24) is 14.9 Å². The molecule has 26 heavy (non-hydrogen) atoms. The van der Waals surface area contributed by atoms with E-state index in [2.05, 4.69) is 62.2 Å². The molecule has 0 saturated carbocycles. The maximum Gasteiger partial charge on any atom is 0.225 e. The van der Waals surface area contributed by atoms with E-state index >= 15 is 0 Å². The van der Waals surface area contributed by atoms with E-state index in [0.717, 1.165) is 37.1 Å². The van der Waals surface area contributed by atoms with Gasteiger partial charge in [0.05, 0.1) is 6.04 Å². The highest BCUT2D eigenvalue weighted by Crippen LogP contribution is 2.30. The molecule has 0 radical (unpaired) electrons. The second-order valence-electron chi connectivity index (χ2n) is 6.44. The molecule has 4 rings (SSSR count). The zero-order chi connectivity index (χ0) is 17.8. The smallest absolute Gasteiger partial charge is 0.225 e. The van der Waals surface area contributed by atoms with Crippen LogP contribution in [0.2, 0.25) is 5.02 Å². The fraction of sp³-hybridized carbons (Fsp3) is 0.238. The van der Waals surface area contributed by atoms with Crippen LogP contribution in [0.1, 0.15) is 17.2 Å². The predicted octanol–water partition coefficient (Wildman–Crippen LogP) is 4.04. The normalized spacial score (nSPS) is 16.4. The van der Waals surface area contributed by atoms with Gasteiger partial charge in [-0.1, -0.05) is 54.1 Å². The average molecular weight is 365 g/mol. The van der Waals surface area contributed by atoms with Crippen LogP contribution < -0.4 is 4.90 Å². The third-order valence-electron chi connectivity index (χ3n) is 4.82. The Bertz CT molecular complexity index is 816. The first kappa shape index (κ1) is 17.0. The molecular formula is C21H21ClN4. The van der Waals surface area contributed by atoms with E-state index in [9.17, 15) is 0 Å². The van der Waals surface area contributed by atoms with E-state index in [1.165, 1.54) is 11.1 Å². The Hall–Kier alpha value is -2.43. The monoisotopic (exact) mass is 364 g/mol. The summed E-state index contributed by atoms with van der Waals surface area (Å²) < 4.78 is 0. The number of piperazine rings is 1. The molecule has 0 amide bonds. The van der Waals surface area contributed by atoms with Crippen LogP contribution in [-0.2, 0) is 0 Å². The van der Waals surface area contributed by atoms with E-state index in [0.29, 0.717) is 0 Å². The number of aromatic nitrogens is 2. The van der Waals surface area contributed by atoms with Gasteiger partial charge in [-0.25, -0.2) is 9.97 Å². The van der Waals surface area contributed by atoms with E-state index in [1.54, 1.807) is 12.4 Å². The molecule has 0 N–H and O–H groups in total. The second kappa shape index (κ2) is 7.85. The zero-order valence-electron chi connectivity index (χ0n) is 14.5. The third kappa shape index (κ3) is 3.71. The molecule has 1 aliphatic rings. The van der Waals surface area contributed by atoms with Crippen molar-refractivity contribution in [2.45, 2.75) is 6.04 Å². The highest BCUT2D eigenvalue weighted by Gasteiger charge is 2.27. The number of halogens is 1. The summed E-state index contributed by atoms with van der Waals surface area (Å²) in [4.78, 5) is 13.5. The van der Waals surface area contributed by atoms with Gasteiger partial charge in [0, 0.05) is 43.6 Å². The van der Waals surface area contributed by atoms with Gasteiger partial charge in [-0.05, 0) is 29.3 Å². The first-order valence-electron chi connectivity index (χ1n) is 8.88. The van der Waals surface area contributed by atoms with Gasteiger partial charge >= 0.3 is 0 Å². The van der Waals surface area contributed by atoms with Gasteiger partial charge < -0.3 is 4.90 Å². The van der Waals surface area contributed by atoms with Crippen molar-refractivity contribution in [3.8, 4) is 0 Å². The zero-order valence-corrected chi connectivity index (χ0v) is 15.3. The van der Waals surface area contributed by atoms with Crippen molar-refractivity contribution in [2.75, 3.05) is 31.1 Å². The second-order valence-corrected chi connectivity index (χ2v) is 6.87. The maximum absolute atomic E-state index is 6.10. The Labute approximate surface area is 159 Å². The van der Waals surface area contributed by atoms with Crippen LogP contribution >= 0.6 is 11.6 Å². The number of nitrogens with zero attached hydrogens (tertiary/aromatic N) is 4. The van der Waals surface area contributed by atoms with Crippen LogP contribution in [0.4, 0.5) is 5.95 Å². The van der Waals surface area contributed by atoms with Gasteiger partial charge in [-0.3, -0.25) is 4.90 Å². The van der Waals surface area contributed by atoms with Crippen LogP contribution in [0.5, 0.6) is 0 Å². The fourth-order valence-corrected chi connectivity index (χ4v) is 3.66. The molecular weight excluding hydrogens is 344 g/mol. The van der Waals surface area contributed by atoms with Crippen molar-refractivity contribution < 1.29 is 0 Å². The summed E-state index contributed by atoms with van der Waals surface area (Å²) in [5, 5.41) is 0.770. The first-order valence-corrected chi connectivity index (χ1v) is 9.25. The average Bonchev–Trinajstić information content (AvgIpc) is 2.72. The van der Waals surface area contributed by atoms with Crippen LogP contribution in [-0.4, -0.2) is 41.0 Å². The first-order chi connectivity index (χ1) is 12.8. The summed E-state index contributed by atoms with van der Waals surface area (Å²) in [5.74, 6) is 0.815. The molecule has 5 heteroatoms. The molecule has 1 unspecified atom stereocenters. The molecule has 0 aliphatic carbocycles. The summed E-state index contributed by atoms with van der Waals surface area (Å²) in [5.41, 5.74) is 2.57. The minimum absolute atomic E-state index is 0.229. The molecule has 1 saturated heterocycles. The van der Waals surface area contributed by atoms with Crippen molar-refractivity contribution in [3.63, 3.8) is 0 Å². The quantitative estimate of drug-likeness (QED) is 0.699. The molecule has 2 heterocycles. The Morgan fingerprint density at radius 1 is 0.731 bits per heavy atom. The third-order valence-corrected chi connectivity index (χ3v) is 5.07. The largest absolute Gasteiger partial charge is 0.338 e.